The molecule has 220 valence electrons. The lowest BCUT2D eigenvalue weighted by molar-refractivity contribution is -0.146. The molecule has 0 spiro atoms. The highest BCUT2D eigenvalue weighted by Crippen LogP contribution is 2.33. The molecule has 0 bridgehead atoms. The van der Waals surface area contributed by atoms with Crippen molar-refractivity contribution in [3.8, 4) is 10.4 Å². The number of carbonyl (C=O) groups is 3. The predicted octanol–water partition coefficient (Wildman–Crippen LogP) is 2.31. The van der Waals surface area contributed by atoms with Crippen LogP contribution >= 0.6 is 11.3 Å². The Morgan fingerprint density at radius 3 is 2.50 bits per heavy atom. The number of aromatic nitrogens is 1. The second-order valence-electron chi connectivity index (χ2n) is 11.2. The monoisotopic (exact) mass is 574 g/mol. The number of nitrogens with two attached hydrogens (primary N) is 1. The second kappa shape index (κ2) is 14.8. The summed E-state index contributed by atoms with van der Waals surface area (Å²) in [7, 11) is 0. The van der Waals surface area contributed by atoms with Gasteiger partial charge in [-0.25, -0.2) is 4.98 Å². The van der Waals surface area contributed by atoms with Gasteiger partial charge in [-0.1, -0.05) is 45.0 Å². The molecule has 1 aliphatic heterocycles. The van der Waals surface area contributed by atoms with Crippen LogP contribution in [0.1, 0.15) is 44.9 Å². The first-order valence-corrected chi connectivity index (χ1v) is 14.5. The smallest absolute Gasteiger partial charge is 0.243 e. The molecule has 0 saturated carbocycles. The van der Waals surface area contributed by atoms with Gasteiger partial charge in [0.2, 0.25) is 11.8 Å². The molecule has 0 aliphatic carbocycles. The topological polar surface area (TPSA) is 144 Å². The van der Waals surface area contributed by atoms with E-state index in [0.717, 1.165) is 21.7 Å². The van der Waals surface area contributed by atoms with E-state index in [0.29, 0.717) is 26.3 Å². The van der Waals surface area contributed by atoms with Gasteiger partial charge in [-0.2, -0.15) is 0 Å². The Kier molecular flexibility index (Phi) is 11.8. The average molecular weight is 575 g/mol. The van der Waals surface area contributed by atoms with Gasteiger partial charge in [0.15, 0.2) is 5.78 Å². The zero-order valence-electron chi connectivity index (χ0n) is 23.9. The summed E-state index contributed by atoms with van der Waals surface area (Å²) in [5.41, 5.74) is 9.62. The molecular weight excluding hydrogens is 532 g/mol. The highest BCUT2D eigenvalue weighted by atomic mass is 32.1. The quantitative estimate of drug-likeness (QED) is 0.292. The van der Waals surface area contributed by atoms with E-state index in [1.165, 1.54) is 4.90 Å². The van der Waals surface area contributed by atoms with Gasteiger partial charge >= 0.3 is 0 Å². The second-order valence-corrected chi connectivity index (χ2v) is 12.0. The molecule has 0 unspecified atom stereocenters. The summed E-state index contributed by atoms with van der Waals surface area (Å²) in [4.78, 5) is 46.4. The van der Waals surface area contributed by atoms with Crippen molar-refractivity contribution in [2.45, 2.75) is 59.2 Å². The Labute approximate surface area is 240 Å². The molecule has 0 radical (unpaired) electrons. The molecule has 2 amide bonds. The van der Waals surface area contributed by atoms with E-state index in [2.05, 4.69) is 10.3 Å². The summed E-state index contributed by atoms with van der Waals surface area (Å²) in [6, 6.07) is 7.10. The van der Waals surface area contributed by atoms with Crippen LogP contribution in [0, 0.1) is 18.3 Å². The molecule has 3 atom stereocenters. The number of ketones is 1. The molecule has 40 heavy (non-hydrogen) atoms. The van der Waals surface area contributed by atoms with E-state index in [9.17, 15) is 19.5 Å². The van der Waals surface area contributed by atoms with Gasteiger partial charge in [0, 0.05) is 38.4 Å². The van der Waals surface area contributed by atoms with Crippen LogP contribution in [0.25, 0.3) is 10.4 Å². The van der Waals surface area contributed by atoms with Gasteiger partial charge in [-0.15, -0.1) is 11.3 Å². The highest BCUT2D eigenvalue weighted by Gasteiger charge is 2.44. The van der Waals surface area contributed by atoms with Crippen molar-refractivity contribution >= 4 is 28.9 Å². The standard InChI is InChI=1S/C29H42N4O6S/c1-19-26(40-18-32-19)21-7-5-20(6-8-21)15-31-27(36)25-14-22(34)16-33(25)28(37)24(29(2,3)4)13-23(35)17-39-12-11-38-10-9-30/h5-8,18,22,24-25,34H,9-17,30H2,1-4H3,(H,31,36)/t22-,24-,25+/m1/s1. The van der Waals surface area contributed by atoms with Crippen LogP contribution in [0.3, 0.4) is 0 Å². The fourth-order valence-corrected chi connectivity index (χ4v) is 5.52. The summed E-state index contributed by atoms with van der Waals surface area (Å²) >= 11 is 1.58. The van der Waals surface area contributed by atoms with E-state index in [1.807, 2.05) is 57.5 Å². The third-order valence-corrected chi connectivity index (χ3v) is 7.94. The van der Waals surface area contributed by atoms with Crippen molar-refractivity contribution in [1.29, 1.82) is 0 Å². The van der Waals surface area contributed by atoms with Gasteiger partial charge in [-0.3, -0.25) is 14.4 Å². The van der Waals surface area contributed by atoms with Gasteiger partial charge in [0.1, 0.15) is 12.6 Å². The number of likely N-dealkylation sites (tertiary alicyclic amines) is 1. The number of Topliss-reactive ketones (excluding diaryl/α,β-unsaturated/α-hetero) is 1. The van der Waals surface area contributed by atoms with E-state index in [1.54, 1.807) is 11.3 Å². The van der Waals surface area contributed by atoms with Crippen molar-refractivity contribution in [1.82, 2.24) is 15.2 Å². The fraction of sp³-hybridized carbons (Fsp3) is 0.586. The lowest BCUT2D eigenvalue weighted by Gasteiger charge is -2.34. The summed E-state index contributed by atoms with van der Waals surface area (Å²) in [5, 5.41) is 13.3. The number of hydrogen-bond donors (Lipinski definition) is 3. The Hall–Kier alpha value is -2.70. The van der Waals surface area contributed by atoms with Gasteiger partial charge in [0.25, 0.3) is 0 Å². The number of amides is 2. The minimum absolute atomic E-state index is 0.0154. The van der Waals surface area contributed by atoms with Crippen LogP contribution in [-0.2, 0) is 30.4 Å². The maximum Gasteiger partial charge on any atom is 0.243 e. The number of aliphatic hydroxyl groups is 1. The van der Waals surface area contributed by atoms with E-state index in [4.69, 9.17) is 15.2 Å². The molecule has 1 aromatic carbocycles. The third-order valence-electron chi connectivity index (χ3n) is 6.97. The number of aryl methyl sites for hydroxylation is 1. The maximum atomic E-state index is 13.7. The van der Waals surface area contributed by atoms with Crippen LogP contribution in [-0.4, -0.2) is 84.3 Å². The molecule has 1 fully saturated rings. The van der Waals surface area contributed by atoms with Crippen LogP contribution in [0.4, 0.5) is 0 Å². The molecule has 4 N–H and O–H groups in total. The number of aliphatic hydroxyl groups excluding tert-OH is 1. The van der Waals surface area contributed by atoms with Crippen molar-refractivity contribution < 1.29 is 29.0 Å². The van der Waals surface area contributed by atoms with Crippen molar-refractivity contribution in [3.63, 3.8) is 0 Å². The van der Waals surface area contributed by atoms with E-state index in [-0.39, 0.29) is 50.2 Å². The van der Waals surface area contributed by atoms with Crippen LogP contribution in [0.5, 0.6) is 0 Å². The largest absolute Gasteiger partial charge is 0.391 e. The fourth-order valence-electron chi connectivity index (χ4n) is 4.71. The number of nitrogens with one attached hydrogen (secondary N) is 1. The average Bonchev–Trinajstić information content (AvgIpc) is 3.52. The zero-order chi connectivity index (χ0) is 29.3. The van der Waals surface area contributed by atoms with Crippen LogP contribution in [0.15, 0.2) is 29.8 Å². The first-order valence-electron chi connectivity index (χ1n) is 13.6. The van der Waals surface area contributed by atoms with Crippen LogP contribution in [0.2, 0.25) is 0 Å². The first kappa shape index (κ1) is 31.8. The predicted molar refractivity (Wildman–Crippen MR) is 154 cm³/mol. The molecule has 11 heteroatoms. The summed E-state index contributed by atoms with van der Waals surface area (Å²) < 4.78 is 10.6. The minimum Gasteiger partial charge on any atom is -0.391 e. The zero-order valence-corrected chi connectivity index (χ0v) is 24.7. The molecule has 1 aliphatic rings. The molecule has 1 saturated heterocycles. The van der Waals surface area contributed by atoms with Crippen LogP contribution < -0.4 is 11.1 Å². The normalized spacial score (nSPS) is 18.1. The van der Waals surface area contributed by atoms with Gasteiger partial charge < -0.3 is 30.5 Å². The number of ether oxygens (including phenoxy) is 2. The van der Waals surface area contributed by atoms with Crippen molar-refractivity contribution in [3.05, 3.63) is 41.0 Å². The minimum atomic E-state index is -0.810. The van der Waals surface area contributed by atoms with E-state index < -0.39 is 23.5 Å². The Bertz CT molecular complexity index is 1130. The number of carbonyl (C=O) groups excluding carboxylic acids is 3. The number of hydrogen-bond acceptors (Lipinski definition) is 9. The van der Waals surface area contributed by atoms with Gasteiger partial charge in [-0.05, 0) is 23.5 Å². The molecule has 1 aromatic heterocycles. The SMILES string of the molecule is Cc1ncsc1-c1ccc(CNC(=O)[C@@H]2C[C@@H](O)CN2C(=O)[C@@H](CC(=O)COCCOCCN)C(C)(C)C)cc1. The first-order chi connectivity index (χ1) is 19.0. The molecular formula is C29H42N4O6S. The molecule has 2 heterocycles. The Morgan fingerprint density at radius 2 is 1.88 bits per heavy atom. The highest BCUT2D eigenvalue weighted by molar-refractivity contribution is 7.13. The van der Waals surface area contributed by atoms with Crippen molar-refractivity contribution in [2.75, 3.05) is 39.5 Å². The number of benzene rings is 1. The summed E-state index contributed by atoms with van der Waals surface area (Å²) in [5.74, 6) is -1.51. The molecule has 3 rings (SSSR count). The molecule has 10 nitrogen and oxygen atoms in total. The van der Waals surface area contributed by atoms with E-state index >= 15 is 0 Å². The third kappa shape index (κ3) is 8.90. The Balaban J connectivity index is 1.59. The number of β-amino-alcohol motifs (C(OH)–C–C–N with tert-alkyl or cyclic N) is 1. The Morgan fingerprint density at radius 1 is 1.18 bits per heavy atom. The lowest BCUT2D eigenvalue weighted by atomic mass is 9.77. The number of nitrogens with zero attached hydrogens (tertiary/aromatic N) is 2. The lowest BCUT2D eigenvalue weighted by Crippen LogP contribution is -2.50. The summed E-state index contributed by atoms with van der Waals surface area (Å²) in [6.45, 7) is 9.30. The molecule has 2 aromatic rings. The van der Waals surface area contributed by atoms with Crippen molar-refractivity contribution in [2.24, 2.45) is 17.1 Å². The number of rotatable bonds is 14. The van der Waals surface area contributed by atoms with Gasteiger partial charge in [0.05, 0.1) is 42.0 Å². The number of thiazole rings is 1. The summed E-state index contributed by atoms with van der Waals surface area (Å²) in [6.07, 6.45) is -0.675. The maximum absolute atomic E-state index is 13.7.